The molecule has 15 heavy (non-hydrogen) atoms. The maximum atomic E-state index is 10.3. The lowest BCUT2D eigenvalue weighted by atomic mass is 9.94. The first-order chi connectivity index (χ1) is 7.01. The number of aliphatic imine (C=N–C) groups is 1. The van der Waals surface area contributed by atoms with Crippen molar-refractivity contribution in [3.63, 3.8) is 0 Å². The number of nitrogens with zero attached hydrogens (tertiary/aromatic N) is 1. The normalized spacial score (nSPS) is 10.7. The quantitative estimate of drug-likeness (QED) is 0.586. The van der Waals surface area contributed by atoms with Gasteiger partial charge in [0.25, 0.3) is 0 Å². The lowest BCUT2D eigenvalue weighted by Gasteiger charge is -2.20. The van der Waals surface area contributed by atoms with E-state index in [0.717, 1.165) is 5.56 Å². The lowest BCUT2D eigenvalue weighted by Crippen LogP contribution is -2.14. The number of benzene rings is 1. The summed E-state index contributed by atoms with van der Waals surface area (Å²) in [6, 6.07) is 5.21. The molecule has 0 aliphatic rings. The molecule has 0 aliphatic carbocycles. The number of ether oxygens (including phenoxy) is 1. The molecule has 3 nitrogen and oxygen atoms in total. The number of isocyanates is 1. The van der Waals surface area contributed by atoms with Gasteiger partial charge in [0.2, 0.25) is 6.08 Å². The number of carbonyl (C=O) groups excluding carboxylic acids is 1. The molecule has 0 aromatic heterocycles. The van der Waals surface area contributed by atoms with Crippen molar-refractivity contribution in [2.24, 2.45) is 4.99 Å². The number of hydrogen-bond donors (Lipinski definition) is 0. The molecule has 0 spiro atoms. The van der Waals surface area contributed by atoms with Gasteiger partial charge in [-0.15, -0.1) is 0 Å². The van der Waals surface area contributed by atoms with Gasteiger partial charge in [-0.25, -0.2) is 4.79 Å². The Balaban J connectivity index is 3.33. The molecule has 0 saturated heterocycles. The zero-order valence-corrected chi connectivity index (χ0v) is 9.63. The summed E-state index contributed by atoms with van der Waals surface area (Å²) >= 11 is 5.88. The smallest absolute Gasteiger partial charge is 0.235 e. The molecule has 0 unspecified atom stereocenters. The molecule has 1 aromatic carbocycles. The van der Waals surface area contributed by atoms with Crippen LogP contribution in [0, 0.1) is 0 Å². The number of halogens is 1. The number of rotatable bonds is 3. The van der Waals surface area contributed by atoms with Crippen LogP contribution in [0.2, 0.25) is 5.02 Å². The van der Waals surface area contributed by atoms with Gasteiger partial charge in [0.1, 0.15) is 5.75 Å². The molecular weight excluding hydrogens is 214 g/mol. The Bertz CT molecular complexity index is 409. The van der Waals surface area contributed by atoms with Crippen LogP contribution >= 0.6 is 11.6 Å². The van der Waals surface area contributed by atoms with Crippen molar-refractivity contribution >= 4 is 17.7 Å². The highest BCUT2D eigenvalue weighted by Crippen LogP contribution is 2.34. The summed E-state index contributed by atoms with van der Waals surface area (Å²) in [4.78, 5) is 14.0. The third-order valence-electron chi connectivity index (χ3n) is 2.15. The van der Waals surface area contributed by atoms with Crippen LogP contribution in [0.25, 0.3) is 0 Å². The minimum absolute atomic E-state index is 0.583. The first-order valence-corrected chi connectivity index (χ1v) is 4.82. The number of methoxy groups -OCH3 is 1. The standard InChI is InChI=1S/C11H12ClNO2/c1-11(2,13-7-14)9-6-8(12)4-5-10(9)15-3/h4-6H,1-3H3. The summed E-state index contributed by atoms with van der Waals surface area (Å²) in [5.41, 5.74) is 0.0821. The molecular formula is C11H12ClNO2. The van der Waals surface area contributed by atoms with Crippen molar-refractivity contribution in [3.05, 3.63) is 28.8 Å². The molecule has 0 bridgehead atoms. The monoisotopic (exact) mass is 225 g/mol. The Labute approximate surface area is 93.7 Å². The molecule has 0 saturated carbocycles. The second-order valence-corrected chi connectivity index (χ2v) is 4.04. The summed E-state index contributed by atoms with van der Waals surface area (Å²) in [7, 11) is 1.56. The van der Waals surface area contributed by atoms with Gasteiger partial charge in [0, 0.05) is 10.6 Å². The van der Waals surface area contributed by atoms with Crippen molar-refractivity contribution in [1.82, 2.24) is 0 Å². The van der Waals surface area contributed by atoms with Gasteiger partial charge in [0.15, 0.2) is 0 Å². The van der Waals surface area contributed by atoms with Crippen molar-refractivity contribution in [2.45, 2.75) is 19.4 Å². The summed E-state index contributed by atoms with van der Waals surface area (Å²) < 4.78 is 5.18. The number of hydrogen-bond acceptors (Lipinski definition) is 3. The summed E-state index contributed by atoms with van der Waals surface area (Å²) in [6.07, 6.45) is 1.55. The third kappa shape index (κ3) is 2.58. The first-order valence-electron chi connectivity index (χ1n) is 4.44. The van der Waals surface area contributed by atoms with E-state index < -0.39 is 5.54 Å². The van der Waals surface area contributed by atoms with E-state index in [1.807, 2.05) is 0 Å². The predicted molar refractivity (Wildman–Crippen MR) is 59.2 cm³/mol. The van der Waals surface area contributed by atoms with Crippen LogP contribution in [-0.2, 0) is 10.3 Å². The van der Waals surface area contributed by atoms with E-state index in [9.17, 15) is 4.79 Å². The SMILES string of the molecule is COc1ccc(Cl)cc1C(C)(C)N=C=O. The van der Waals surface area contributed by atoms with E-state index in [1.165, 1.54) is 0 Å². The molecule has 0 heterocycles. The van der Waals surface area contributed by atoms with Crippen LogP contribution in [0.4, 0.5) is 0 Å². The summed E-state index contributed by atoms with van der Waals surface area (Å²) in [5.74, 6) is 0.656. The Morgan fingerprint density at radius 2 is 2.13 bits per heavy atom. The zero-order valence-electron chi connectivity index (χ0n) is 8.87. The minimum atomic E-state index is -0.683. The van der Waals surface area contributed by atoms with E-state index in [1.54, 1.807) is 45.2 Å². The van der Waals surface area contributed by atoms with Crippen LogP contribution < -0.4 is 4.74 Å². The fourth-order valence-electron chi connectivity index (χ4n) is 1.33. The van der Waals surface area contributed by atoms with Crippen molar-refractivity contribution < 1.29 is 9.53 Å². The van der Waals surface area contributed by atoms with Crippen molar-refractivity contribution in [3.8, 4) is 5.75 Å². The molecule has 0 radical (unpaired) electrons. The molecule has 80 valence electrons. The maximum Gasteiger partial charge on any atom is 0.235 e. The molecule has 0 aliphatic heterocycles. The average Bonchev–Trinajstić information content (AvgIpc) is 2.17. The van der Waals surface area contributed by atoms with Gasteiger partial charge >= 0.3 is 0 Å². The van der Waals surface area contributed by atoms with E-state index in [2.05, 4.69) is 4.99 Å². The average molecular weight is 226 g/mol. The highest BCUT2D eigenvalue weighted by Gasteiger charge is 2.23. The van der Waals surface area contributed by atoms with E-state index in [0.29, 0.717) is 10.8 Å². The maximum absolute atomic E-state index is 10.3. The van der Waals surface area contributed by atoms with Gasteiger partial charge < -0.3 is 4.74 Å². The lowest BCUT2D eigenvalue weighted by molar-refractivity contribution is 0.394. The largest absolute Gasteiger partial charge is 0.496 e. The van der Waals surface area contributed by atoms with E-state index in [4.69, 9.17) is 16.3 Å². The molecule has 1 rings (SSSR count). The first kappa shape index (κ1) is 11.8. The highest BCUT2D eigenvalue weighted by molar-refractivity contribution is 6.30. The highest BCUT2D eigenvalue weighted by atomic mass is 35.5. The van der Waals surface area contributed by atoms with Crippen molar-refractivity contribution in [2.75, 3.05) is 7.11 Å². The van der Waals surface area contributed by atoms with Gasteiger partial charge in [-0.2, -0.15) is 4.99 Å². The minimum Gasteiger partial charge on any atom is -0.496 e. The fourth-order valence-corrected chi connectivity index (χ4v) is 1.50. The Kier molecular flexibility index (Phi) is 3.51. The second-order valence-electron chi connectivity index (χ2n) is 3.61. The molecule has 0 fully saturated rings. The molecule has 1 aromatic rings. The Hall–Kier alpha value is -1.31. The molecule has 4 heteroatoms. The third-order valence-corrected chi connectivity index (χ3v) is 2.38. The fraction of sp³-hybridized carbons (Fsp3) is 0.364. The van der Waals surface area contributed by atoms with Crippen LogP contribution in [0.15, 0.2) is 23.2 Å². The molecule has 0 atom stereocenters. The van der Waals surface area contributed by atoms with E-state index >= 15 is 0 Å². The molecule has 0 amide bonds. The zero-order chi connectivity index (χ0) is 11.5. The van der Waals surface area contributed by atoms with Gasteiger partial charge in [-0.1, -0.05) is 11.6 Å². The summed E-state index contributed by atoms with van der Waals surface area (Å²) in [6.45, 7) is 3.60. The Morgan fingerprint density at radius 1 is 1.47 bits per heavy atom. The molecule has 0 N–H and O–H groups in total. The summed E-state index contributed by atoms with van der Waals surface area (Å²) in [5, 5.41) is 0.583. The van der Waals surface area contributed by atoms with Crippen LogP contribution in [-0.4, -0.2) is 13.2 Å². The van der Waals surface area contributed by atoms with Crippen molar-refractivity contribution in [1.29, 1.82) is 0 Å². The van der Waals surface area contributed by atoms with E-state index in [-0.39, 0.29) is 0 Å². The predicted octanol–water partition coefficient (Wildman–Crippen LogP) is 2.92. The van der Waals surface area contributed by atoms with Crippen LogP contribution in [0.1, 0.15) is 19.4 Å². The Morgan fingerprint density at radius 3 is 2.67 bits per heavy atom. The van der Waals surface area contributed by atoms with Gasteiger partial charge in [-0.05, 0) is 32.0 Å². The van der Waals surface area contributed by atoms with Crippen LogP contribution in [0.3, 0.4) is 0 Å². The van der Waals surface area contributed by atoms with Gasteiger partial charge in [-0.3, -0.25) is 0 Å². The topological polar surface area (TPSA) is 38.7 Å². The van der Waals surface area contributed by atoms with Crippen LogP contribution in [0.5, 0.6) is 5.75 Å². The second kappa shape index (κ2) is 4.47. The van der Waals surface area contributed by atoms with Gasteiger partial charge in [0.05, 0.1) is 12.6 Å².